The van der Waals surface area contributed by atoms with Crippen LogP contribution in [0.5, 0.6) is 11.5 Å². The Balaban J connectivity index is 1.90. The molecule has 0 aliphatic carbocycles. The first kappa shape index (κ1) is 19.2. The third-order valence-electron chi connectivity index (χ3n) is 4.74. The average molecular weight is 451 g/mol. The van der Waals surface area contributed by atoms with Crippen molar-refractivity contribution in [3.63, 3.8) is 0 Å². The first-order valence-electron chi connectivity index (χ1n) is 9.08. The van der Waals surface area contributed by atoms with E-state index in [9.17, 15) is 4.79 Å². The smallest absolute Gasteiger partial charge is 0.265 e. The van der Waals surface area contributed by atoms with Crippen molar-refractivity contribution in [2.75, 3.05) is 14.2 Å². The molecule has 146 valence electrons. The van der Waals surface area contributed by atoms with E-state index in [-0.39, 0.29) is 5.56 Å². The lowest BCUT2D eigenvalue weighted by atomic mass is 10.1. The summed E-state index contributed by atoms with van der Waals surface area (Å²) in [5, 5.41) is 0.589. The van der Waals surface area contributed by atoms with Gasteiger partial charge in [-0.1, -0.05) is 34.1 Å². The van der Waals surface area contributed by atoms with Crippen LogP contribution in [0.25, 0.3) is 16.6 Å². The van der Waals surface area contributed by atoms with Gasteiger partial charge in [0.2, 0.25) is 0 Å². The molecule has 5 nitrogen and oxygen atoms in total. The van der Waals surface area contributed by atoms with Crippen LogP contribution in [0.1, 0.15) is 11.4 Å². The highest BCUT2D eigenvalue weighted by Crippen LogP contribution is 2.28. The summed E-state index contributed by atoms with van der Waals surface area (Å²) in [6.45, 7) is 0. The number of fused-ring (bicyclic) bond motifs is 1. The van der Waals surface area contributed by atoms with Crippen LogP contribution in [0.4, 0.5) is 0 Å². The van der Waals surface area contributed by atoms with E-state index >= 15 is 0 Å². The average Bonchev–Trinajstić information content (AvgIpc) is 2.75. The van der Waals surface area contributed by atoms with Gasteiger partial charge < -0.3 is 9.47 Å². The van der Waals surface area contributed by atoms with Gasteiger partial charge >= 0.3 is 0 Å². The number of ether oxygens (including phenoxy) is 2. The van der Waals surface area contributed by atoms with E-state index in [0.29, 0.717) is 34.6 Å². The molecule has 0 bridgehead atoms. The monoisotopic (exact) mass is 450 g/mol. The number of halogens is 1. The number of para-hydroxylation sites is 1. The Labute approximate surface area is 176 Å². The Morgan fingerprint density at radius 2 is 1.66 bits per heavy atom. The van der Waals surface area contributed by atoms with Crippen LogP contribution in [0, 0.1) is 0 Å². The van der Waals surface area contributed by atoms with Crippen molar-refractivity contribution in [3.8, 4) is 17.2 Å². The lowest BCUT2D eigenvalue weighted by Crippen LogP contribution is -2.24. The first-order chi connectivity index (χ1) is 14.1. The molecule has 0 aliphatic heterocycles. The highest BCUT2D eigenvalue weighted by atomic mass is 79.9. The first-order valence-corrected chi connectivity index (χ1v) is 9.87. The molecule has 1 aromatic heterocycles. The van der Waals surface area contributed by atoms with Crippen LogP contribution >= 0.6 is 15.9 Å². The predicted octanol–water partition coefficient (Wildman–Crippen LogP) is 4.76. The summed E-state index contributed by atoms with van der Waals surface area (Å²) >= 11 is 3.45. The highest BCUT2D eigenvalue weighted by molar-refractivity contribution is 9.10. The number of hydrogen-bond donors (Lipinski definition) is 0. The van der Waals surface area contributed by atoms with E-state index < -0.39 is 0 Å². The largest absolute Gasteiger partial charge is 0.493 e. The maximum Gasteiger partial charge on any atom is 0.265 e. The van der Waals surface area contributed by atoms with Crippen molar-refractivity contribution in [1.82, 2.24) is 9.55 Å². The molecular formula is C23H19BrN2O3. The summed E-state index contributed by atoms with van der Waals surface area (Å²) in [5.74, 6) is 1.96. The van der Waals surface area contributed by atoms with Gasteiger partial charge in [-0.3, -0.25) is 9.36 Å². The maximum absolute atomic E-state index is 13.3. The van der Waals surface area contributed by atoms with E-state index in [1.165, 1.54) is 0 Å². The van der Waals surface area contributed by atoms with Crippen molar-refractivity contribution in [1.29, 1.82) is 0 Å². The maximum atomic E-state index is 13.3. The number of aromatic nitrogens is 2. The van der Waals surface area contributed by atoms with Crippen molar-refractivity contribution >= 4 is 26.8 Å². The van der Waals surface area contributed by atoms with Crippen LogP contribution in [-0.4, -0.2) is 23.8 Å². The SMILES string of the molecule is COc1ccc(Cc2nc3ccccc3c(=O)n2-c2ccc(Br)cc2)cc1OC. The van der Waals surface area contributed by atoms with Crippen LogP contribution in [0.15, 0.2) is 76.0 Å². The molecular weight excluding hydrogens is 432 g/mol. The summed E-state index contributed by atoms with van der Waals surface area (Å²) in [4.78, 5) is 18.1. The van der Waals surface area contributed by atoms with Crippen molar-refractivity contribution in [3.05, 3.63) is 92.9 Å². The molecule has 4 rings (SSSR count). The fourth-order valence-corrected chi connectivity index (χ4v) is 3.59. The van der Waals surface area contributed by atoms with Gasteiger partial charge in [0.05, 0.1) is 30.8 Å². The fraction of sp³-hybridized carbons (Fsp3) is 0.130. The zero-order valence-corrected chi connectivity index (χ0v) is 17.6. The lowest BCUT2D eigenvalue weighted by molar-refractivity contribution is 0.354. The Hall–Kier alpha value is -3.12. The minimum absolute atomic E-state index is 0.0894. The topological polar surface area (TPSA) is 53.3 Å². The molecule has 0 amide bonds. The number of methoxy groups -OCH3 is 2. The van der Waals surface area contributed by atoms with E-state index in [1.54, 1.807) is 24.9 Å². The molecule has 0 saturated carbocycles. The molecule has 4 aromatic rings. The van der Waals surface area contributed by atoms with Crippen LogP contribution in [-0.2, 0) is 6.42 Å². The molecule has 0 N–H and O–H groups in total. The van der Waals surface area contributed by atoms with Crippen molar-refractivity contribution < 1.29 is 9.47 Å². The molecule has 0 saturated heterocycles. The summed E-state index contributed by atoms with van der Waals surface area (Å²) in [6.07, 6.45) is 0.469. The minimum atomic E-state index is -0.0894. The van der Waals surface area contributed by atoms with Crippen LogP contribution in [0.3, 0.4) is 0 Å². The zero-order chi connectivity index (χ0) is 20.4. The Kier molecular flexibility index (Phi) is 5.36. The molecule has 0 unspecified atom stereocenters. The third kappa shape index (κ3) is 3.76. The van der Waals surface area contributed by atoms with E-state index in [1.807, 2.05) is 60.7 Å². The van der Waals surface area contributed by atoms with Crippen molar-refractivity contribution in [2.24, 2.45) is 0 Å². The second-order valence-corrected chi connectivity index (χ2v) is 7.44. The molecule has 0 fully saturated rings. The van der Waals surface area contributed by atoms with Gasteiger partial charge in [0.25, 0.3) is 5.56 Å². The van der Waals surface area contributed by atoms with E-state index in [0.717, 1.165) is 15.7 Å². The number of hydrogen-bond acceptors (Lipinski definition) is 4. The summed E-state index contributed by atoms with van der Waals surface area (Å²) in [6, 6.07) is 20.8. The Morgan fingerprint density at radius 3 is 2.38 bits per heavy atom. The molecule has 29 heavy (non-hydrogen) atoms. The number of benzene rings is 3. The van der Waals surface area contributed by atoms with Crippen LogP contribution < -0.4 is 15.0 Å². The van der Waals surface area contributed by atoms with Gasteiger partial charge in [0.1, 0.15) is 5.82 Å². The molecule has 0 radical (unpaired) electrons. The van der Waals surface area contributed by atoms with Gasteiger partial charge in [-0.2, -0.15) is 0 Å². The standard InChI is InChI=1S/C23H19BrN2O3/c1-28-20-12-7-15(13-21(20)29-2)14-22-25-19-6-4-3-5-18(19)23(27)26(22)17-10-8-16(24)9-11-17/h3-13H,14H2,1-2H3. The van der Waals surface area contributed by atoms with Gasteiger partial charge in [0.15, 0.2) is 11.5 Å². The van der Waals surface area contributed by atoms with Crippen LogP contribution in [0.2, 0.25) is 0 Å². The molecule has 3 aromatic carbocycles. The van der Waals surface area contributed by atoms with Gasteiger partial charge in [0, 0.05) is 10.9 Å². The van der Waals surface area contributed by atoms with E-state index in [2.05, 4.69) is 15.9 Å². The fourth-order valence-electron chi connectivity index (χ4n) is 3.33. The van der Waals surface area contributed by atoms with Crippen molar-refractivity contribution in [2.45, 2.75) is 6.42 Å². The predicted molar refractivity (Wildman–Crippen MR) is 117 cm³/mol. The Bertz CT molecular complexity index is 1230. The highest BCUT2D eigenvalue weighted by Gasteiger charge is 2.14. The number of rotatable bonds is 5. The summed E-state index contributed by atoms with van der Waals surface area (Å²) < 4.78 is 13.4. The minimum Gasteiger partial charge on any atom is -0.493 e. The molecule has 1 heterocycles. The second kappa shape index (κ2) is 8.09. The normalized spacial score (nSPS) is 10.9. The lowest BCUT2D eigenvalue weighted by Gasteiger charge is -2.15. The number of nitrogens with zero attached hydrogens (tertiary/aromatic N) is 2. The molecule has 0 atom stereocenters. The molecule has 6 heteroatoms. The third-order valence-corrected chi connectivity index (χ3v) is 5.27. The molecule has 0 aliphatic rings. The summed E-state index contributed by atoms with van der Waals surface area (Å²) in [7, 11) is 3.21. The quantitative estimate of drug-likeness (QED) is 0.439. The zero-order valence-electron chi connectivity index (χ0n) is 16.1. The molecule has 0 spiro atoms. The van der Waals surface area contributed by atoms with Gasteiger partial charge in [-0.05, 0) is 54.1 Å². The van der Waals surface area contributed by atoms with E-state index in [4.69, 9.17) is 14.5 Å². The van der Waals surface area contributed by atoms with Gasteiger partial charge in [-0.15, -0.1) is 0 Å². The Morgan fingerprint density at radius 1 is 0.931 bits per heavy atom. The van der Waals surface area contributed by atoms with Gasteiger partial charge in [-0.25, -0.2) is 4.98 Å². The second-order valence-electron chi connectivity index (χ2n) is 6.53. The summed E-state index contributed by atoms with van der Waals surface area (Å²) in [5.41, 5.74) is 2.33.